The van der Waals surface area contributed by atoms with E-state index in [1.807, 2.05) is 18.2 Å². The molecule has 0 bridgehead atoms. The molecule has 0 radical (unpaired) electrons. The molecule has 6 nitrogen and oxygen atoms in total. The van der Waals surface area contributed by atoms with Crippen LogP contribution in [0.4, 0.5) is 5.69 Å². The zero-order valence-corrected chi connectivity index (χ0v) is 14.5. The van der Waals surface area contributed by atoms with Gasteiger partial charge in [0.1, 0.15) is 5.75 Å². The van der Waals surface area contributed by atoms with Crippen LogP contribution >= 0.6 is 12.2 Å². The van der Waals surface area contributed by atoms with E-state index in [4.69, 9.17) is 21.7 Å². The number of esters is 1. The van der Waals surface area contributed by atoms with Gasteiger partial charge in [-0.05, 0) is 55.5 Å². The highest BCUT2D eigenvalue weighted by Crippen LogP contribution is 2.11. The topological polar surface area (TPSA) is 76.7 Å². The zero-order valence-electron chi connectivity index (χ0n) is 13.7. The zero-order chi connectivity index (χ0) is 18.1. The van der Waals surface area contributed by atoms with Gasteiger partial charge in [-0.3, -0.25) is 10.1 Å². The summed E-state index contributed by atoms with van der Waals surface area (Å²) in [7, 11) is 0. The van der Waals surface area contributed by atoms with Crippen molar-refractivity contribution in [1.29, 1.82) is 0 Å². The van der Waals surface area contributed by atoms with Gasteiger partial charge in [0.05, 0.1) is 12.2 Å². The van der Waals surface area contributed by atoms with Crippen molar-refractivity contribution in [2.45, 2.75) is 6.92 Å². The number of para-hydroxylation sites is 1. The lowest BCUT2D eigenvalue weighted by molar-refractivity contribution is -0.121. The number of benzene rings is 2. The summed E-state index contributed by atoms with van der Waals surface area (Å²) in [4.78, 5) is 23.4. The minimum Gasteiger partial charge on any atom is -0.484 e. The second kappa shape index (κ2) is 9.39. The van der Waals surface area contributed by atoms with Crippen LogP contribution in [0.2, 0.25) is 0 Å². The number of rotatable bonds is 6. The monoisotopic (exact) mass is 358 g/mol. The summed E-state index contributed by atoms with van der Waals surface area (Å²) in [5, 5.41) is 5.53. The van der Waals surface area contributed by atoms with Crippen LogP contribution in [0.15, 0.2) is 54.6 Å². The second-order valence-electron chi connectivity index (χ2n) is 4.90. The van der Waals surface area contributed by atoms with E-state index in [1.165, 1.54) is 0 Å². The summed E-state index contributed by atoms with van der Waals surface area (Å²) in [5.41, 5.74) is 1.08. The molecular weight excluding hydrogens is 340 g/mol. The van der Waals surface area contributed by atoms with Crippen LogP contribution in [0.3, 0.4) is 0 Å². The van der Waals surface area contributed by atoms with Gasteiger partial charge in [-0.25, -0.2) is 4.79 Å². The highest BCUT2D eigenvalue weighted by atomic mass is 32.1. The number of ether oxygens (including phenoxy) is 2. The molecule has 2 N–H and O–H groups in total. The number of thiocarbonyl (C=S) groups is 1. The molecule has 0 aromatic heterocycles. The van der Waals surface area contributed by atoms with Crippen molar-refractivity contribution in [2.24, 2.45) is 0 Å². The van der Waals surface area contributed by atoms with E-state index in [9.17, 15) is 9.59 Å². The van der Waals surface area contributed by atoms with Crippen molar-refractivity contribution in [3.63, 3.8) is 0 Å². The van der Waals surface area contributed by atoms with Crippen molar-refractivity contribution in [3.8, 4) is 5.75 Å². The minimum absolute atomic E-state index is 0.144. The fourth-order valence-electron chi connectivity index (χ4n) is 1.89. The first kappa shape index (κ1) is 18.4. The Morgan fingerprint density at radius 3 is 2.36 bits per heavy atom. The minimum atomic E-state index is -0.386. The highest BCUT2D eigenvalue weighted by molar-refractivity contribution is 7.80. The predicted octanol–water partition coefficient (Wildman–Crippen LogP) is 2.76. The molecule has 0 fully saturated rings. The molecule has 0 spiro atoms. The van der Waals surface area contributed by atoms with Crippen molar-refractivity contribution in [2.75, 3.05) is 18.5 Å². The molecular formula is C18H18N2O4S. The Balaban J connectivity index is 1.79. The van der Waals surface area contributed by atoms with Gasteiger partial charge in [0.25, 0.3) is 5.91 Å². The van der Waals surface area contributed by atoms with Crippen molar-refractivity contribution in [1.82, 2.24) is 5.32 Å². The van der Waals surface area contributed by atoms with Crippen molar-refractivity contribution in [3.05, 3.63) is 60.2 Å². The number of amides is 1. The summed E-state index contributed by atoms with van der Waals surface area (Å²) in [6.07, 6.45) is 0. The smallest absolute Gasteiger partial charge is 0.338 e. The molecule has 0 saturated carbocycles. The number of carbonyl (C=O) groups is 2. The Bertz CT molecular complexity index is 733. The maximum Gasteiger partial charge on any atom is 0.338 e. The van der Waals surface area contributed by atoms with Gasteiger partial charge in [-0.2, -0.15) is 0 Å². The van der Waals surface area contributed by atoms with Gasteiger partial charge in [0.15, 0.2) is 11.7 Å². The highest BCUT2D eigenvalue weighted by Gasteiger charge is 2.08. The Hall–Kier alpha value is -2.93. The van der Waals surface area contributed by atoms with E-state index in [1.54, 1.807) is 43.3 Å². The van der Waals surface area contributed by atoms with E-state index >= 15 is 0 Å². The first-order chi connectivity index (χ1) is 12.1. The summed E-state index contributed by atoms with van der Waals surface area (Å²) in [6.45, 7) is 1.92. The molecule has 25 heavy (non-hydrogen) atoms. The number of hydrogen-bond acceptors (Lipinski definition) is 5. The van der Waals surface area contributed by atoms with Gasteiger partial charge in [0.2, 0.25) is 0 Å². The van der Waals surface area contributed by atoms with E-state index in [0.717, 1.165) is 0 Å². The lowest BCUT2D eigenvalue weighted by Crippen LogP contribution is -2.37. The Morgan fingerprint density at radius 2 is 1.72 bits per heavy atom. The van der Waals surface area contributed by atoms with Gasteiger partial charge in [0, 0.05) is 5.69 Å². The molecule has 0 atom stereocenters. The predicted molar refractivity (Wildman–Crippen MR) is 98.7 cm³/mol. The number of anilines is 1. The molecule has 2 aromatic carbocycles. The second-order valence-corrected chi connectivity index (χ2v) is 5.31. The van der Waals surface area contributed by atoms with Crippen LogP contribution < -0.4 is 15.4 Å². The molecule has 7 heteroatoms. The maximum absolute atomic E-state index is 11.8. The van der Waals surface area contributed by atoms with Crippen LogP contribution in [0.5, 0.6) is 5.75 Å². The Morgan fingerprint density at radius 1 is 1.04 bits per heavy atom. The SMILES string of the molecule is CCOC(=O)c1ccc(NC(=S)NC(=O)COc2ccccc2)cc1. The first-order valence-corrected chi connectivity index (χ1v) is 8.05. The molecule has 0 aliphatic rings. The standard InChI is InChI=1S/C18H18N2O4S/c1-2-23-17(22)13-8-10-14(11-9-13)19-18(25)20-16(21)12-24-15-6-4-3-5-7-15/h3-11H,2,12H2,1H3,(H2,19,20,21,25). The number of hydrogen-bond donors (Lipinski definition) is 2. The summed E-state index contributed by atoms with van der Waals surface area (Å²) in [5.74, 6) is -0.154. The molecule has 0 unspecified atom stereocenters. The number of carbonyl (C=O) groups excluding carboxylic acids is 2. The van der Waals surface area contributed by atoms with Crippen molar-refractivity contribution >= 4 is 34.9 Å². The normalized spacial score (nSPS) is 9.80. The lowest BCUT2D eigenvalue weighted by Gasteiger charge is -2.11. The van der Waals surface area contributed by atoms with Gasteiger partial charge in [-0.1, -0.05) is 18.2 Å². The third-order valence-electron chi connectivity index (χ3n) is 3.02. The third-order valence-corrected chi connectivity index (χ3v) is 3.22. The molecule has 130 valence electrons. The molecule has 0 aliphatic carbocycles. The van der Waals surface area contributed by atoms with E-state index in [2.05, 4.69) is 10.6 Å². The fraction of sp³-hybridized carbons (Fsp3) is 0.167. The summed E-state index contributed by atoms with van der Waals surface area (Å²) >= 11 is 5.08. The van der Waals surface area contributed by atoms with Gasteiger partial charge >= 0.3 is 5.97 Å². The molecule has 2 aromatic rings. The largest absolute Gasteiger partial charge is 0.484 e. The van der Waals surface area contributed by atoms with Crippen molar-refractivity contribution < 1.29 is 19.1 Å². The fourth-order valence-corrected chi connectivity index (χ4v) is 2.13. The average molecular weight is 358 g/mol. The van der Waals surface area contributed by atoms with Crippen LogP contribution in [0.25, 0.3) is 0 Å². The van der Waals surface area contributed by atoms with Gasteiger partial charge in [-0.15, -0.1) is 0 Å². The molecule has 2 rings (SSSR count). The van der Waals surface area contributed by atoms with E-state index in [-0.39, 0.29) is 23.6 Å². The number of nitrogens with one attached hydrogen (secondary N) is 2. The first-order valence-electron chi connectivity index (χ1n) is 7.64. The molecule has 0 heterocycles. The lowest BCUT2D eigenvalue weighted by atomic mass is 10.2. The Labute approximate surface area is 151 Å². The maximum atomic E-state index is 11.8. The third kappa shape index (κ3) is 6.23. The van der Waals surface area contributed by atoms with E-state index < -0.39 is 0 Å². The van der Waals surface area contributed by atoms with Crippen LogP contribution in [0.1, 0.15) is 17.3 Å². The Kier molecular flexibility index (Phi) is 6.91. The van der Waals surface area contributed by atoms with E-state index in [0.29, 0.717) is 23.6 Å². The average Bonchev–Trinajstić information content (AvgIpc) is 2.61. The molecule has 0 saturated heterocycles. The molecule has 0 aliphatic heterocycles. The van der Waals surface area contributed by atoms with Crippen LogP contribution in [-0.2, 0) is 9.53 Å². The van der Waals surface area contributed by atoms with Crippen LogP contribution in [0, 0.1) is 0 Å². The summed E-state index contributed by atoms with van der Waals surface area (Å²) in [6, 6.07) is 15.6. The molecule has 1 amide bonds. The van der Waals surface area contributed by atoms with Crippen LogP contribution in [-0.4, -0.2) is 30.2 Å². The quantitative estimate of drug-likeness (QED) is 0.611. The summed E-state index contributed by atoms with van der Waals surface area (Å²) < 4.78 is 10.2. The van der Waals surface area contributed by atoms with Gasteiger partial charge < -0.3 is 14.8 Å².